The molecule has 5 heteroatoms. The summed E-state index contributed by atoms with van der Waals surface area (Å²) in [6.07, 6.45) is 5.47. The summed E-state index contributed by atoms with van der Waals surface area (Å²) in [6.45, 7) is 0. The van der Waals surface area contributed by atoms with Crippen LogP contribution in [0, 0.1) is 0 Å². The van der Waals surface area contributed by atoms with E-state index in [1.165, 1.54) is 19.3 Å². The second-order valence-electron chi connectivity index (χ2n) is 4.09. The van der Waals surface area contributed by atoms with Crippen molar-refractivity contribution in [3.8, 4) is 11.5 Å². The molecule has 0 amide bonds. The molecule has 1 aliphatic carbocycles. The summed E-state index contributed by atoms with van der Waals surface area (Å²) in [5.74, 6) is 1.33. The number of nitrogens with two attached hydrogens (primary N) is 1. The van der Waals surface area contributed by atoms with E-state index in [-0.39, 0.29) is 0 Å². The molecule has 0 aromatic carbocycles. The van der Waals surface area contributed by atoms with E-state index in [1.54, 1.807) is 12.4 Å². The molecule has 82 valence electrons. The largest absolute Gasteiger partial charge is 0.384 e. The molecule has 3 rings (SSSR count). The summed E-state index contributed by atoms with van der Waals surface area (Å²) < 4.78 is 2.10. The molecule has 0 radical (unpaired) electrons. The molecule has 2 heterocycles. The highest BCUT2D eigenvalue weighted by molar-refractivity contribution is 5.52. The molecule has 2 aromatic rings. The maximum absolute atomic E-state index is 5.67. The van der Waals surface area contributed by atoms with Gasteiger partial charge < -0.3 is 10.3 Å². The third kappa shape index (κ3) is 1.44. The number of anilines is 1. The van der Waals surface area contributed by atoms with Crippen LogP contribution in [0.2, 0.25) is 0 Å². The number of hydrogen-bond acceptors (Lipinski definition) is 4. The molecule has 0 atom stereocenters. The highest BCUT2D eigenvalue weighted by atomic mass is 15.3. The van der Waals surface area contributed by atoms with E-state index in [0.29, 0.717) is 11.9 Å². The molecule has 0 saturated heterocycles. The average Bonchev–Trinajstić information content (AvgIpc) is 2.64. The molecule has 2 aromatic heterocycles. The Morgan fingerprint density at radius 3 is 2.88 bits per heavy atom. The van der Waals surface area contributed by atoms with Crippen LogP contribution >= 0.6 is 0 Å². The van der Waals surface area contributed by atoms with Crippen LogP contribution in [0.15, 0.2) is 24.5 Å². The van der Waals surface area contributed by atoms with Crippen molar-refractivity contribution in [1.29, 1.82) is 0 Å². The lowest BCUT2D eigenvalue weighted by Crippen LogP contribution is -2.17. The fourth-order valence-corrected chi connectivity index (χ4v) is 1.93. The maximum atomic E-state index is 5.67. The quantitative estimate of drug-likeness (QED) is 0.826. The van der Waals surface area contributed by atoms with E-state index in [1.807, 2.05) is 12.1 Å². The Morgan fingerprint density at radius 1 is 1.31 bits per heavy atom. The molecule has 1 fully saturated rings. The first-order chi connectivity index (χ1) is 7.84. The van der Waals surface area contributed by atoms with Gasteiger partial charge in [0.2, 0.25) is 0 Å². The monoisotopic (exact) mass is 215 g/mol. The highest BCUT2D eigenvalue weighted by Gasteiger charge is 2.23. The second kappa shape index (κ2) is 3.59. The fourth-order valence-electron chi connectivity index (χ4n) is 1.93. The van der Waals surface area contributed by atoms with Gasteiger partial charge in [0.15, 0.2) is 5.82 Å². The van der Waals surface area contributed by atoms with Gasteiger partial charge in [0.25, 0.3) is 0 Å². The van der Waals surface area contributed by atoms with Crippen molar-refractivity contribution in [1.82, 2.24) is 19.7 Å². The molecular weight excluding hydrogens is 202 g/mol. The van der Waals surface area contributed by atoms with Crippen molar-refractivity contribution >= 4 is 5.82 Å². The fraction of sp³-hybridized carbons (Fsp3) is 0.364. The minimum atomic E-state index is 0.514. The minimum absolute atomic E-state index is 0.514. The number of aromatic nitrogens is 4. The number of pyridine rings is 1. The Labute approximate surface area is 93.3 Å². The van der Waals surface area contributed by atoms with Crippen LogP contribution in [0.4, 0.5) is 5.82 Å². The predicted octanol–water partition coefficient (Wildman–Crippen LogP) is 1.65. The molecule has 5 nitrogen and oxygen atoms in total. The van der Waals surface area contributed by atoms with Gasteiger partial charge >= 0.3 is 0 Å². The van der Waals surface area contributed by atoms with Gasteiger partial charge in [-0.15, -0.1) is 10.2 Å². The molecule has 2 N–H and O–H groups in total. The van der Waals surface area contributed by atoms with Crippen molar-refractivity contribution in [2.75, 3.05) is 5.73 Å². The SMILES string of the molecule is Nc1cccc(-c2nncn2C2CCC2)n1. The highest BCUT2D eigenvalue weighted by Crippen LogP contribution is 2.33. The predicted molar refractivity (Wildman–Crippen MR) is 60.6 cm³/mol. The Hall–Kier alpha value is -1.91. The van der Waals surface area contributed by atoms with Crippen LogP contribution in [0.1, 0.15) is 25.3 Å². The molecule has 0 unspecified atom stereocenters. The van der Waals surface area contributed by atoms with Crippen molar-refractivity contribution in [3.63, 3.8) is 0 Å². The summed E-state index contributed by atoms with van der Waals surface area (Å²) >= 11 is 0. The summed E-state index contributed by atoms with van der Waals surface area (Å²) in [6, 6.07) is 6.11. The lowest BCUT2D eigenvalue weighted by atomic mass is 9.93. The second-order valence-corrected chi connectivity index (χ2v) is 4.09. The third-order valence-electron chi connectivity index (χ3n) is 3.04. The average molecular weight is 215 g/mol. The van der Waals surface area contributed by atoms with Crippen molar-refractivity contribution < 1.29 is 0 Å². The van der Waals surface area contributed by atoms with Crippen LogP contribution in [0.3, 0.4) is 0 Å². The van der Waals surface area contributed by atoms with Crippen LogP contribution in [-0.4, -0.2) is 19.7 Å². The number of hydrogen-bond donors (Lipinski definition) is 1. The first-order valence-corrected chi connectivity index (χ1v) is 5.47. The smallest absolute Gasteiger partial charge is 0.182 e. The van der Waals surface area contributed by atoms with E-state index in [0.717, 1.165) is 11.5 Å². The molecule has 1 aliphatic rings. The summed E-state index contributed by atoms with van der Waals surface area (Å²) in [4.78, 5) is 4.27. The van der Waals surface area contributed by atoms with Crippen LogP contribution in [-0.2, 0) is 0 Å². The summed E-state index contributed by atoms with van der Waals surface area (Å²) in [7, 11) is 0. The number of nitrogen functional groups attached to an aromatic ring is 1. The lowest BCUT2D eigenvalue weighted by Gasteiger charge is -2.27. The summed E-state index contributed by atoms with van der Waals surface area (Å²) in [5.41, 5.74) is 6.46. The van der Waals surface area contributed by atoms with Gasteiger partial charge in [0, 0.05) is 6.04 Å². The van der Waals surface area contributed by atoms with Crippen molar-refractivity contribution in [2.24, 2.45) is 0 Å². The minimum Gasteiger partial charge on any atom is -0.384 e. The van der Waals surface area contributed by atoms with Gasteiger partial charge in [-0.2, -0.15) is 0 Å². The van der Waals surface area contributed by atoms with E-state index >= 15 is 0 Å². The van der Waals surface area contributed by atoms with E-state index in [2.05, 4.69) is 19.7 Å². The van der Waals surface area contributed by atoms with Crippen molar-refractivity contribution in [2.45, 2.75) is 25.3 Å². The molecule has 1 saturated carbocycles. The maximum Gasteiger partial charge on any atom is 0.182 e. The first-order valence-electron chi connectivity index (χ1n) is 5.47. The first kappa shape index (κ1) is 9.33. The van der Waals surface area contributed by atoms with Gasteiger partial charge in [0.05, 0.1) is 0 Å². The number of nitrogens with zero attached hydrogens (tertiary/aromatic N) is 4. The van der Waals surface area contributed by atoms with Gasteiger partial charge in [-0.05, 0) is 31.4 Å². The Bertz CT molecular complexity index is 501. The Balaban J connectivity index is 2.02. The van der Waals surface area contributed by atoms with E-state index in [4.69, 9.17) is 5.73 Å². The normalized spacial score (nSPS) is 16.0. The third-order valence-corrected chi connectivity index (χ3v) is 3.04. The van der Waals surface area contributed by atoms with Gasteiger partial charge in [0.1, 0.15) is 17.8 Å². The standard InChI is InChI=1S/C11H13N5/c12-10-6-2-5-9(14-10)11-15-13-7-16(11)8-3-1-4-8/h2,5-8H,1,3-4H2,(H2,12,14). The van der Waals surface area contributed by atoms with Gasteiger partial charge in [-0.25, -0.2) is 4.98 Å². The molecule has 0 spiro atoms. The lowest BCUT2D eigenvalue weighted by molar-refractivity contribution is 0.315. The molecule has 0 aliphatic heterocycles. The van der Waals surface area contributed by atoms with Crippen molar-refractivity contribution in [3.05, 3.63) is 24.5 Å². The Morgan fingerprint density at radius 2 is 2.19 bits per heavy atom. The topological polar surface area (TPSA) is 69.6 Å². The molecular formula is C11H13N5. The zero-order chi connectivity index (χ0) is 11.0. The Kier molecular flexibility index (Phi) is 2.09. The molecule has 16 heavy (non-hydrogen) atoms. The summed E-state index contributed by atoms with van der Waals surface area (Å²) in [5, 5.41) is 8.09. The van der Waals surface area contributed by atoms with Crippen LogP contribution in [0.25, 0.3) is 11.5 Å². The molecule has 0 bridgehead atoms. The zero-order valence-electron chi connectivity index (χ0n) is 8.87. The van der Waals surface area contributed by atoms with E-state index in [9.17, 15) is 0 Å². The van der Waals surface area contributed by atoms with Crippen LogP contribution < -0.4 is 5.73 Å². The zero-order valence-corrected chi connectivity index (χ0v) is 8.87. The van der Waals surface area contributed by atoms with Crippen LogP contribution in [0.5, 0.6) is 0 Å². The van der Waals surface area contributed by atoms with Gasteiger partial charge in [-0.1, -0.05) is 6.07 Å². The number of rotatable bonds is 2. The van der Waals surface area contributed by atoms with E-state index < -0.39 is 0 Å². The van der Waals surface area contributed by atoms with Gasteiger partial charge in [-0.3, -0.25) is 0 Å².